The molecule has 0 fully saturated rings. The van der Waals surface area contributed by atoms with Crippen LogP contribution < -0.4 is 90.6 Å². The fourth-order valence-corrected chi connectivity index (χ4v) is 5.72. The molecule has 0 radical (unpaired) electrons. The monoisotopic (exact) mass is 754 g/mol. The van der Waals surface area contributed by atoms with E-state index in [0.717, 1.165) is 38.5 Å². The van der Waals surface area contributed by atoms with E-state index in [9.17, 15) is 39.0 Å². The van der Waals surface area contributed by atoms with Crippen LogP contribution in [0.1, 0.15) is 181 Å². The van der Waals surface area contributed by atoms with E-state index in [1.165, 1.54) is 77.0 Å². The van der Waals surface area contributed by atoms with Crippen LogP contribution >= 0.6 is 0 Å². The molecule has 12 nitrogen and oxygen atoms in total. The van der Waals surface area contributed by atoms with E-state index in [2.05, 4.69) is 35.1 Å². The molecule has 0 saturated carbocycles. The molecule has 2 atom stereocenters. The molecule has 14 heteroatoms. The van der Waals surface area contributed by atoms with Gasteiger partial charge >= 0.3 is 70.9 Å². The third-order valence-corrected chi connectivity index (χ3v) is 8.88. The predicted octanol–water partition coefficient (Wildman–Crippen LogP) is -2.12. The first-order chi connectivity index (χ1) is 24.1. The van der Waals surface area contributed by atoms with Gasteiger partial charge in [0.1, 0.15) is 0 Å². The van der Waals surface area contributed by atoms with E-state index in [4.69, 9.17) is 0 Å². The number of aliphatic carboxylic acids is 2. The maximum absolute atomic E-state index is 12.3. The fraction of sp³-hybridized carbons (Fsp3) is 0.842. The number of hydrogen-bond acceptors (Lipinski definition) is 8. The van der Waals surface area contributed by atoms with Crippen LogP contribution in [0.15, 0.2) is 0 Å². The molecule has 0 aromatic heterocycles. The second kappa shape index (κ2) is 39.5. The summed E-state index contributed by atoms with van der Waals surface area (Å²) in [6, 6.07) is -2.90. The summed E-state index contributed by atoms with van der Waals surface area (Å²) in [5, 5.41) is 32.9. The van der Waals surface area contributed by atoms with Gasteiger partial charge in [-0.05, 0) is 51.4 Å². The Balaban J connectivity index is -0.0000120. The second-order valence-electron chi connectivity index (χ2n) is 13.5. The summed E-state index contributed by atoms with van der Waals surface area (Å²) >= 11 is 0. The molecule has 0 aromatic carbocycles. The predicted molar refractivity (Wildman–Crippen MR) is 191 cm³/mol. The molecule has 4 amide bonds. The number of unbranched alkanes of at least 4 members (excludes halogenated alkanes) is 18. The fourth-order valence-electron chi connectivity index (χ4n) is 5.72. The summed E-state index contributed by atoms with van der Waals surface area (Å²) in [5.74, 6) is -5.82. The van der Waals surface area contributed by atoms with Crippen molar-refractivity contribution in [3.63, 3.8) is 0 Å². The average molecular weight is 755 g/mol. The molecule has 0 aliphatic carbocycles. The zero-order valence-corrected chi connectivity index (χ0v) is 37.2. The molecule has 0 unspecified atom stereocenters. The third kappa shape index (κ3) is 34.6. The number of carboxylic acid groups (broad SMARTS) is 2. The van der Waals surface area contributed by atoms with Crippen molar-refractivity contribution in [2.75, 3.05) is 13.1 Å². The summed E-state index contributed by atoms with van der Waals surface area (Å²) in [6.07, 6.45) is 23.5. The summed E-state index contributed by atoms with van der Waals surface area (Å²) in [5.41, 5.74) is 0. The molecule has 0 spiro atoms. The number of carbonyl (C=O) groups is 6. The van der Waals surface area contributed by atoms with E-state index in [1.54, 1.807) is 0 Å². The van der Waals surface area contributed by atoms with Crippen LogP contribution in [-0.4, -0.2) is 60.7 Å². The number of nitrogens with one attached hydrogen (secondary N) is 4. The minimum Gasteiger partial charge on any atom is -0.548 e. The van der Waals surface area contributed by atoms with Gasteiger partial charge in [-0.3, -0.25) is 19.2 Å². The Bertz CT molecular complexity index is 884. The molecule has 290 valence electrons. The first-order valence-corrected chi connectivity index (χ1v) is 19.7. The van der Waals surface area contributed by atoms with Gasteiger partial charge in [-0.25, -0.2) is 0 Å². The van der Waals surface area contributed by atoms with Crippen molar-refractivity contribution in [3.05, 3.63) is 0 Å². The first kappa shape index (κ1) is 55.2. The number of carbonyl (C=O) groups excluding carboxylic acids is 6. The Kier molecular flexibility index (Phi) is 41.9. The Hall–Kier alpha value is -1.18. The van der Waals surface area contributed by atoms with Crippen molar-refractivity contribution in [2.24, 2.45) is 0 Å². The van der Waals surface area contributed by atoms with Crippen LogP contribution in [0, 0.1) is 0 Å². The van der Waals surface area contributed by atoms with Crippen molar-refractivity contribution in [1.82, 2.24) is 21.3 Å². The molecule has 0 heterocycles. The summed E-state index contributed by atoms with van der Waals surface area (Å²) in [7, 11) is 0. The van der Waals surface area contributed by atoms with Gasteiger partial charge < -0.3 is 41.1 Å². The Labute approximate surface area is 358 Å². The van der Waals surface area contributed by atoms with Gasteiger partial charge in [0.15, 0.2) is 0 Å². The maximum atomic E-state index is 12.3. The van der Waals surface area contributed by atoms with Crippen molar-refractivity contribution >= 4 is 35.6 Å². The molecule has 0 saturated heterocycles. The van der Waals surface area contributed by atoms with Crippen molar-refractivity contribution < 1.29 is 98.1 Å². The number of amides is 4. The second-order valence-corrected chi connectivity index (χ2v) is 13.5. The van der Waals surface area contributed by atoms with Crippen molar-refractivity contribution in [3.8, 4) is 0 Å². The minimum absolute atomic E-state index is 0. The summed E-state index contributed by atoms with van der Waals surface area (Å²) in [4.78, 5) is 71.9. The molecular weight excluding hydrogens is 686 g/mol. The minimum atomic E-state index is -1.57. The molecule has 4 N–H and O–H groups in total. The molecular formula is C38H68N4Na2O8. The van der Waals surface area contributed by atoms with Crippen LogP contribution in [0.4, 0.5) is 0 Å². The topological polar surface area (TPSA) is 197 Å². The standard InChI is InChI=1S/C38H70N4O8.2Na/c1-3-5-7-9-11-13-15-17-19-27-33(43)39-29-23-21-25-31(37(47)48)41-35(45)36(46)42-32(38(49)50)26-22-24-30-40-34(44)28-20-18-16-14-12-10-8-6-4-2;;/h31-32H,3-30H2,1-2H3,(H,39,43)(H,40,44)(H,41,45)(H,42,46)(H,47,48)(H,49,50);;/q;2*+1/p-2/t31-,32-;;/m1../s1. The van der Waals surface area contributed by atoms with Crippen LogP contribution in [0.5, 0.6) is 0 Å². The van der Waals surface area contributed by atoms with E-state index in [0.29, 0.717) is 51.6 Å². The van der Waals surface area contributed by atoms with Crippen LogP contribution in [0.25, 0.3) is 0 Å². The molecule has 0 aliphatic heterocycles. The molecule has 0 rings (SSSR count). The van der Waals surface area contributed by atoms with Crippen molar-refractivity contribution in [2.45, 2.75) is 193 Å². The number of hydrogen-bond donors (Lipinski definition) is 4. The van der Waals surface area contributed by atoms with Crippen LogP contribution in [0.3, 0.4) is 0 Å². The largest absolute Gasteiger partial charge is 1.00 e. The quantitative estimate of drug-likeness (QED) is 0.0325. The van der Waals surface area contributed by atoms with Gasteiger partial charge in [-0.1, -0.05) is 117 Å². The summed E-state index contributed by atoms with van der Waals surface area (Å²) < 4.78 is 0. The zero-order chi connectivity index (χ0) is 37.2. The third-order valence-electron chi connectivity index (χ3n) is 8.88. The Morgan fingerprint density at radius 1 is 0.423 bits per heavy atom. The van der Waals surface area contributed by atoms with Gasteiger partial charge in [0.2, 0.25) is 11.8 Å². The van der Waals surface area contributed by atoms with E-state index in [1.807, 2.05) is 0 Å². The smallest absolute Gasteiger partial charge is 0.548 e. The van der Waals surface area contributed by atoms with Gasteiger partial charge in [0.05, 0.1) is 24.0 Å². The first-order valence-electron chi connectivity index (χ1n) is 19.7. The van der Waals surface area contributed by atoms with Gasteiger partial charge in [-0.15, -0.1) is 0 Å². The number of carboxylic acids is 2. The normalized spacial score (nSPS) is 11.7. The van der Waals surface area contributed by atoms with E-state index < -0.39 is 35.8 Å². The zero-order valence-electron chi connectivity index (χ0n) is 33.2. The average Bonchev–Trinajstić information content (AvgIpc) is 3.08. The van der Waals surface area contributed by atoms with Crippen LogP contribution in [0.2, 0.25) is 0 Å². The molecule has 0 aliphatic rings. The molecule has 52 heavy (non-hydrogen) atoms. The molecule has 0 bridgehead atoms. The SMILES string of the molecule is CCCCCCCCCCCC(=O)NCCCC[C@@H](NC(=O)C(=O)N[C@H](CCCCNC(=O)CCCCCCCCCCC)C(=O)[O-])C(=O)[O-].[Na+].[Na+]. The van der Waals surface area contributed by atoms with E-state index in [-0.39, 0.29) is 83.8 Å². The van der Waals surface area contributed by atoms with Crippen LogP contribution in [-0.2, 0) is 28.8 Å². The van der Waals surface area contributed by atoms with Gasteiger partial charge in [0.25, 0.3) is 0 Å². The Morgan fingerprint density at radius 3 is 1.00 bits per heavy atom. The van der Waals surface area contributed by atoms with Gasteiger partial charge in [-0.2, -0.15) is 0 Å². The Morgan fingerprint density at radius 2 is 0.712 bits per heavy atom. The van der Waals surface area contributed by atoms with Crippen molar-refractivity contribution in [1.29, 1.82) is 0 Å². The maximum Gasteiger partial charge on any atom is 1.00 e. The number of rotatable bonds is 34. The van der Waals surface area contributed by atoms with Gasteiger partial charge in [0, 0.05) is 25.9 Å². The molecule has 0 aromatic rings. The summed E-state index contributed by atoms with van der Waals surface area (Å²) in [6.45, 7) is 5.12. The van der Waals surface area contributed by atoms with E-state index >= 15 is 0 Å².